The van der Waals surface area contributed by atoms with Gasteiger partial charge in [0.05, 0.1) is 0 Å². The van der Waals surface area contributed by atoms with Gasteiger partial charge in [0.1, 0.15) is 7.11 Å². The molecule has 1 N–H and O–H groups in total. The summed E-state index contributed by atoms with van der Waals surface area (Å²) in [5, 5.41) is 5.99. The van der Waals surface area contributed by atoms with Crippen molar-refractivity contribution < 1.29 is 14.4 Å². The Kier molecular flexibility index (Phi) is 3.68. The second kappa shape index (κ2) is 5.02. The number of hydrogen-bond acceptors (Lipinski definition) is 7. The summed E-state index contributed by atoms with van der Waals surface area (Å²) in [4.78, 5) is 28.8. The van der Waals surface area contributed by atoms with Crippen LogP contribution in [0.15, 0.2) is 5.16 Å². The third-order valence-electron chi connectivity index (χ3n) is 1.14. The van der Waals surface area contributed by atoms with E-state index in [9.17, 15) is 9.59 Å². The van der Waals surface area contributed by atoms with Gasteiger partial charge in [-0.3, -0.25) is 9.59 Å². The van der Waals surface area contributed by atoms with Crippen molar-refractivity contribution in [2.75, 3.05) is 12.4 Å². The number of hydrogen-bond donors (Lipinski definition) is 1. The molecule has 1 aromatic heterocycles. The molecule has 0 saturated carbocycles. The van der Waals surface area contributed by atoms with Crippen molar-refractivity contribution >= 4 is 35.1 Å². The first-order chi connectivity index (χ1) is 6.81. The molecule has 14 heavy (non-hydrogen) atoms. The first-order valence-corrected chi connectivity index (χ1v) is 4.19. The molecule has 0 atom stereocenters. The van der Waals surface area contributed by atoms with Gasteiger partial charge in [0.2, 0.25) is 11.5 Å². The van der Waals surface area contributed by atoms with E-state index in [1.807, 2.05) is 0 Å². The molecule has 1 heterocycles. The summed E-state index contributed by atoms with van der Waals surface area (Å²) in [6.45, 7) is 0. The summed E-state index contributed by atoms with van der Waals surface area (Å²) >= 11 is 0.945. The van der Waals surface area contributed by atoms with Gasteiger partial charge in [-0.25, -0.2) is 0 Å². The molecule has 1 aromatic rings. The quantitative estimate of drug-likeness (QED) is 0.411. The lowest BCUT2D eigenvalue weighted by Crippen LogP contribution is -2.05. The molecule has 0 fully saturated rings. The zero-order valence-electron chi connectivity index (χ0n) is 7.13. The lowest BCUT2D eigenvalue weighted by Gasteiger charge is -1.89. The number of aromatic nitrogens is 2. The Morgan fingerprint density at radius 2 is 2.43 bits per heavy atom. The van der Waals surface area contributed by atoms with Gasteiger partial charge in [-0.15, -0.1) is 0 Å². The SMILES string of the molecule is CO/N=C(/C=O)c1nsc(NC=O)n1. The number of anilines is 1. The third kappa shape index (κ3) is 2.33. The molecular formula is C6H6N4O3S. The van der Waals surface area contributed by atoms with Crippen molar-refractivity contribution in [2.24, 2.45) is 5.16 Å². The summed E-state index contributed by atoms with van der Waals surface area (Å²) in [6, 6.07) is 0. The second-order valence-electron chi connectivity index (χ2n) is 1.96. The fourth-order valence-corrected chi connectivity index (χ4v) is 1.19. The predicted octanol–water partition coefficient (Wildman–Crippen LogP) is -0.344. The topological polar surface area (TPSA) is 93.5 Å². The van der Waals surface area contributed by atoms with Crippen molar-refractivity contribution in [3.63, 3.8) is 0 Å². The van der Waals surface area contributed by atoms with Crippen LogP contribution < -0.4 is 5.32 Å². The summed E-state index contributed by atoms with van der Waals surface area (Å²) < 4.78 is 3.79. The maximum Gasteiger partial charge on any atom is 0.213 e. The molecule has 0 unspecified atom stereocenters. The highest BCUT2D eigenvalue weighted by Crippen LogP contribution is 2.09. The average Bonchev–Trinajstić information content (AvgIpc) is 2.63. The van der Waals surface area contributed by atoms with Crippen LogP contribution in [-0.2, 0) is 14.4 Å². The molecule has 1 rings (SSSR count). The van der Waals surface area contributed by atoms with Crippen LogP contribution in [0.5, 0.6) is 0 Å². The number of rotatable bonds is 5. The normalized spacial score (nSPS) is 10.8. The molecule has 0 aliphatic heterocycles. The second-order valence-corrected chi connectivity index (χ2v) is 2.71. The highest BCUT2D eigenvalue weighted by molar-refractivity contribution is 7.10. The summed E-state index contributed by atoms with van der Waals surface area (Å²) in [7, 11) is 1.31. The van der Waals surface area contributed by atoms with Crippen molar-refractivity contribution in [3.8, 4) is 0 Å². The Balaban J connectivity index is 2.88. The zero-order chi connectivity index (χ0) is 10.4. The lowest BCUT2D eigenvalue weighted by atomic mass is 10.4. The van der Waals surface area contributed by atoms with Crippen LogP contribution in [0.4, 0.5) is 5.13 Å². The number of carbonyl (C=O) groups excluding carboxylic acids is 2. The molecule has 74 valence electrons. The Bertz CT molecular complexity index is 362. The Labute approximate surface area is 82.9 Å². The predicted molar refractivity (Wildman–Crippen MR) is 49.2 cm³/mol. The van der Waals surface area contributed by atoms with E-state index in [1.165, 1.54) is 7.11 Å². The fraction of sp³-hybridized carbons (Fsp3) is 0.167. The van der Waals surface area contributed by atoms with Crippen molar-refractivity contribution in [2.45, 2.75) is 0 Å². The van der Waals surface area contributed by atoms with Crippen LogP contribution in [0.3, 0.4) is 0 Å². The van der Waals surface area contributed by atoms with E-state index in [0.717, 1.165) is 11.5 Å². The Hall–Kier alpha value is -1.83. The standard InChI is InChI=1S/C6H6N4O3S/c1-13-9-4(2-11)5-8-6(7-3-12)14-10-5/h2-3H,1H3,(H,7,8,10,12)/b9-4-. The van der Waals surface area contributed by atoms with E-state index in [4.69, 9.17) is 0 Å². The number of oxime groups is 1. The largest absolute Gasteiger partial charge is 0.398 e. The molecule has 8 heteroatoms. The van der Waals surface area contributed by atoms with Crippen LogP contribution in [0.2, 0.25) is 0 Å². The smallest absolute Gasteiger partial charge is 0.213 e. The highest BCUT2D eigenvalue weighted by Gasteiger charge is 2.10. The minimum atomic E-state index is -0.0253. The monoisotopic (exact) mass is 214 g/mol. The van der Waals surface area contributed by atoms with E-state index in [2.05, 4.69) is 24.7 Å². The van der Waals surface area contributed by atoms with Crippen LogP contribution in [0.1, 0.15) is 5.82 Å². The third-order valence-corrected chi connectivity index (χ3v) is 1.79. The van der Waals surface area contributed by atoms with Gasteiger partial charge >= 0.3 is 0 Å². The van der Waals surface area contributed by atoms with Crippen LogP contribution >= 0.6 is 11.5 Å². The number of aldehydes is 1. The first kappa shape index (κ1) is 10.3. The molecule has 0 saturated heterocycles. The maximum absolute atomic E-state index is 10.5. The summed E-state index contributed by atoms with van der Waals surface area (Å²) in [6.07, 6.45) is 0.939. The van der Waals surface area contributed by atoms with E-state index in [1.54, 1.807) is 0 Å². The van der Waals surface area contributed by atoms with Crippen molar-refractivity contribution in [3.05, 3.63) is 5.82 Å². The molecule has 0 radical (unpaired) electrons. The van der Waals surface area contributed by atoms with Gasteiger partial charge in [0.15, 0.2) is 17.8 Å². The summed E-state index contributed by atoms with van der Waals surface area (Å²) in [5.74, 6) is 0.121. The minimum absolute atomic E-state index is 0.0253. The highest BCUT2D eigenvalue weighted by atomic mass is 32.1. The minimum Gasteiger partial charge on any atom is -0.398 e. The first-order valence-electron chi connectivity index (χ1n) is 3.42. The number of nitrogens with zero attached hydrogens (tertiary/aromatic N) is 3. The lowest BCUT2D eigenvalue weighted by molar-refractivity contribution is -0.105. The fourth-order valence-electron chi connectivity index (χ4n) is 0.650. The molecular weight excluding hydrogens is 208 g/mol. The Morgan fingerprint density at radius 3 is 3.00 bits per heavy atom. The molecule has 0 spiro atoms. The summed E-state index contributed by atoms with van der Waals surface area (Å²) in [5.41, 5.74) is -0.0253. The van der Waals surface area contributed by atoms with Crippen LogP contribution in [-0.4, -0.2) is 34.9 Å². The van der Waals surface area contributed by atoms with Crippen LogP contribution in [0.25, 0.3) is 0 Å². The van der Waals surface area contributed by atoms with Gasteiger partial charge < -0.3 is 10.2 Å². The number of amides is 1. The van der Waals surface area contributed by atoms with Gasteiger partial charge in [-0.2, -0.15) is 9.36 Å². The van der Waals surface area contributed by atoms with E-state index in [0.29, 0.717) is 17.8 Å². The van der Waals surface area contributed by atoms with Gasteiger partial charge in [0.25, 0.3) is 0 Å². The maximum atomic E-state index is 10.5. The van der Waals surface area contributed by atoms with Crippen molar-refractivity contribution in [1.82, 2.24) is 9.36 Å². The number of carbonyl (C=O) groups is 2. The van der Waals surface area contributed by atoms with Crippen LogP contribution in [0, 0.1) is 0 Å². The van der Waals surface area contributed by atoms with E-state index < -0.39 is 0 Å². The van der Waals surface area contributed by atoms with Gasteiger partial charge in [0, 0.05) is 11.5 Å². The van der Waals surface area contributed by atoms with Crippen molar-refractivity contribution in [1.29, 1.82) is 0 Å². The molecule has 0 aromatic carbocycles. The molecule has 1 amide bonds. The average molecular weight is 214 g/mol. The molecule has 7 nitrogen and oxygen atoms in total. The molecule has 0 aliphatic rings. The Morgan fingerprint density at radius 1 is 1.64 bits per heavy atom. The van der Waals surface area contributed by atoms with E-state index >= 15 is 0 Å². The zero-order valence-corrected chi connectivity index (χ0v) is 7.95. The molecule has 0 aliphatic carbocycles. The number of nitrogens with one attached hydrogen (secondary N) is 1. The van der Waals surface area contributed by atoms with E-state index in [-0.39, 0.29) is 11.5 Å². The van der Waals surface area contributed by atoms with Gasteiger partial charge in [-0.05, 0) is 0 Å². The van der Waals surface area contributed by atoms with Gasteiger partial charge in [-0.1, -0.05) is 5.16 Å². The molecule has 0 bridgehead atoms.